The van der Waals surface area contributed by atoms with Gasteiger partial charge >= 0.3 is 5.97 Å². The van der Waals surface area contributed by atoms with Crippen LogP contribution in [-0.4, -0.2) is 35.5 Å². The van der Waals surface area contributed by atoms with Crippen LogP contribution in [-0.2, 0) is 20.7 Å². The standard InChI is InChI=1S/C23H30N2O3S/c24-7-3-8-25(23-13-17-10-18(14-23)12-19(11-17)15-23)21(26)16-28-22(27)6-1-4-20-5-2-9-29-20/h2,5,9,17-19H,1,3-4,6,8,10-16H2. The number of carbonyl (C=O) groups excluding carboxylic acids is 2. The highest BCUT2D eigenvalue weighted by atomic mass is 32.1. The minimum Gasteiger partial charge on any atom is -0.456 e. The summed E-state index contributed by atoms with van der Waals surface area (Å²) < 4.78 is 5.34. The molecule has 5 nitrogen and oxygen atoms in total. The summed E-state index contributed by atoms with van der Waals surface area (Å²) >= 11 is 1.69. The Morgan fingerprint density at radius 2 is 1.90 bits per heavy atom. The maximum Gasteiger partial charge on any atom is 0.306 e. The number of thiophene rings is 1. The van der Waals surface area contributed by atoms with E-state index in [1.807, 2.05) is 16.3 Å². The van der Waals surface area contributed by atoms with E-state index < -0.39 is 0 Å². The molecule has 1 aromatic heterocycles. The molecule has 0 radical (unpaired) electrons. The number of amides is 1. The highest BCUT2D eigenvalue weighted by molar-refractivity contribution is 7.09. The molecule has 4 aliphatic rings. The van der Waals surface area contributed by atoms with E-state index in [4.69, 9.17) is 10.00 Å². The molecular formula is C23H30N2O3S. The molecule has 1 aromatic rings. The van der Waals surface area contributed by atoms with Crippen molar-refractivity contribution >= 4 is 23.2 Å². The number of rotatable bonds is 9. The lowest BCUT2D eigenvalue weighted by Crippen LogP contribution is -2.62. The lowest BCUT2D eigenvalue weighted by atomic mass is 9.52. The average Bonchev–Trinajstić information content (AvgIpc) is 3.19. The van der Waals surface area contributed by atoms with Crippen LogP contribution in [0.1, 0.15) is 62.7 Å². The maximum atomic E-state index is 13.1. The van der Waals surface area contributed by atoms with Crippen molar-refractivity contribution in [1.29, 1.82) is 5.26 Å². The molecule has 0 N–H and O–H groups in total. The molecule has 4 saturated carbocycles. The molecule has 6 heteroatoms. The van der Waals surface area contributed by atoms with E-state index in [0.29, 0.717) is 19.4 Å². The first kappa shape index (κ1) is 20.4. The molecule has 29 heavy (non-hydrogen) atoms. The van der Waals surface area contributed by atoms with E-state index in [9.17, 15) is 9.59 Å². The van der Waals surface area contributed by atoms with E-state index in [2.05, 4.69) is 12.1 Å². The van der Waals surface area contributed by atoms with Crippen LogP contribution in [0.5, 0.6) is 0 Å². The van der Waals surface area contributed by atoms with Crippen molar-refractivity contribution in [3.63, 3.8) is 0 Å². The number of nitriles is 1. The Bertz CT molecular complexity index is 732. The van der Waals surface area contributed by atoms with Crippen molar-refractivity contribution in [1.82, 2.24) is 4.90 Å². The summed E-state index contributed by atoms with van der Waals surface area (Å²) in [6.45, 7) is 0.266. The van der Waals surface area contributed by atoms with Gasteiger partial charge in [0.1, 0.15) is 0 Å². The van der Waals surface area contributed by atoms with Gasteiger partial charge in [-0.3, -0.25) is 9.59 Å². The normalized spacial score (nSPS) is 29.4. The third-order valence-electron chi connectivity index (χ3n) is 7.07. The molecule has 0 spiro atoms. The zero-order valence-corrected chi connectivity index (χ0v) is 17.8. The van der Waals surface area contributed by atoms with Crippen LogP contribution in [0.2, 0.25) is 0 Å². The van der Waals surface area contributed by atoms with Crippen LogP contribution in [0.4, 0.5) is 0 Å². The molecule has 4 aliphatic carbocycles. The van der Waals surface area contributed by atoms with Crippen LogP contribution in [0, 0.1) is 29.1 Å². The first-order chi connectivity index (χ1) is 14.1. The fourth-order valence-corrected chi connectivity index (χ4v) is 7.09. The van der Waals surface area contributed by atoms with Crippen LogP contribution in [0.3, 0.4) is 0 Å². The fraction of sp³-hybridized carbons (Fsp3) is 0.696. The zero-order chi connectivity index (χ0) is 20.3. The summed E-state index contributed by atoms with van der Waals surface area (Å²) in [4.78, 5) is 28.4. The second kappa shape index (κ2) is 8.87. The summed E-state index contributed by atoms with van der Waals surface area (Å²) in [5.74, 6) is 1.74. The Morgan fingerprint density at radius 1 is 1.21 bits per heavy atom. The molecule has 1 heterocycles. The van der Waals surface area contributed by atoms with Gasteiger partial charge < -0.3 is 9.64 Å². The van der Waals surface area contributed by atoms with Gasteiger partial charge in [0.25, 0.3) is 5.91 Å². The molecule has 4 fully saturated rings. The molecule has 156 valence electrons. The molecule has 0 aliphatic heterocycles. The molecule has 0 aromatic carbocycles. The van der Waals surface area contributed by atoms with E-state index in [1.54, 1.807) is 11.3 Å². The van der Waals surface area contributed by atoms with Gasteiger partial charge in [-0.25, -0.2) is 0 Å². The van der Waals surface area contributed by atoms with Gasteiger partial charge in [0, 0.05) is 23.4 Å². The van der Waals surface area contributed by atoms with Gasteiger partial charge in [-0.1, -0.05) is 6.07 Å². The monoisotopic (exact) mass is 414 g/mol. The van der Waals surface area contributed by atoms with Gasteiger partial charge in [0.05, 0.1) is 12.5 Å². The highest BCUT2D eigenvalue weighted by Gasteiger charge is 2.54. The number of hydrogen-bond donors (Lipinski definition) is 0. The van der Waals surface area contributed by atoms with Crippen molar-refractivity contribution < 1.29 is 14.3 Å². The second-order valence-electron chi connectivity index (χ2n) is 9.19. The third kappa shape index (κ3) is 4.66. The number of esters is 1. The summed E-state index contributed by atoms with van der Waals surface area (Å²) in [6.07, 6.45) is 9.36. The number of nitrogens with zero attached hydrogens (tertiary/aromatic N) is 2. The molecule has 5 rings (SSSR count). The van der Waals surface area contributed by atoms with Crippen LogP contribution in [0.15, 0.2) is 17.5 Å². The molecule has 1 amide bonds. The summed E-state index contributed by atoms with van der Waals surface area (Å²) in [5, 5.41) is 11.1. The molecule has 0 atom stereocenters. The van der Waals surface area contributed by atoms with Gasteiger partial charge in [-0.2, -0.15) is 5.26 Å². The van der Waals surface area contributed by atoms with Crippen LogP contribution in [0.25, 0.3) is 0 Å². The van der Waals surface area contributed by atoms with E-state index in [-0.39, 0.29) is 24.0 Å². The van der Waals surface area contributed by atoms with Crippen molar-refractivity contribution in [2.24, 2.45) is 17.8 Å². The summed E-state index contributed by atoms with van der Waals surface area (Å²) in [6, 6.07) is 6.27. The van der Waals surface area contributed by atoms with Gasteiger partial charge in [0.15, 0.2) is 6.61 Å². The quantitative estimate of drug-likeness (QED) is 0.564. The topological polar surface area (TPSA) is 70.4 Å². The van der Waals surface area contributed by atoms with Crippen molar-refractivity contribution in [2.75, 3.05) is 13.2 Å². The van der Waals surface area contributed by atoms with Gasteiger partial charge in [-0.15, -0.1) is 11.3 Å². The Morgan fingerprint density at radius 3 is 2.48 bits per heavy atom. The van der Waals surface area contributed by atoms with Crippen LogP contribution >= 0.6 is 11.3 Å². The molecular weight excluding hydrogens is 384 g/mol. The Hall–Kier alpha value is -1.87. The van der Waals surface area contributed by atoms with Gasteiger partial charge in [0.2, 0.25) is 0 Å². The van der Waals surface area contributed by atoms with E-state index in [0.717, 1.165) is 49.9 Å². The SMILES string of the molecule is N#CCCN(C(=O)COC(=O)CCCc1cccs1)C12CC3CC(CC(C3)C1)C2. The number of carbonyl (C=O) groups is 2. The second-order valence-corrected chi connectivity index (χ2v) is 10.2. The summed E-state index contributed by atoms with van der Waals surface area (Å²) in [7, 11) is 0. The minimum atomic E-state index is -0.305. The van der Waals surface area contributed by atoms with Crippen molar-refractivity contribution in [2.45, 2.75) is 69.7 Å². The van der Waals surface area contributed by atoms with E-state index in [1.165, 1.54) is 24.1 Å². The lowest BCUT2D eigenvalue weighted by molar-refractivity contribution is -0.162. The molecule has 0 unspecified atom stereocenters. The predicted molar refractivity (Wildman–Crippen MR) is 111 cm³/mol. The zero-order valence-electron chi connectivity index (χ0n) is 17.0. The Kier molecular flexibility index (Phi) is 6.24. The maximum absolute atomic E-state index is 13.1. The first-order valence-electron chi connectivity index (χ1n) is 10.9. The van der Waals surface area contributed by atoms with E-state index >= 15 is 0 Å². The third-order valence-corrected chi connectivity index (χ3v) is 8.00. The first-order valence-corrected chi connectivity index (χ1v) is 11.8. The average molecular weight is 415 g/mol. The van der Waals surface area contributed by atoms with Gasteiger partial charge in [-0.05, 0) is 80.6 Å². The number of hydrogen-bond acceptors (Lipinski definition) is 5. The predicted octanol–water partition coefficient (Wildman–Crippen LogP) is 4.33. The Labute approximate surface area is 177 Å². The van der Waals surface area contributed by atoms with Crippen molar-refractivity contribution in [3.05, 3.63) is 22.4 Å². The van der Waals surface area contributed by atoms with Crippen molar-refractivity contribution in [3.8, 4) is 6.07 Å². The summed E-state index contributed by atoms with van der Waals surface area (Å²) in [5.41, 5.74) is -0.103. The number of aryl methyl sites for hydroxylation is 1. The fourth-order valence-electron chi connectivity index (χ4n) is 6.34. The van der Waals surface area contributed by atoms with Crippen LogP contribution < -0.4 is 0 Å². The molecule has 0 saturated heterocycles. The smallest absolute Gasteiger partial charge is 0.306 e. The minimum absolute atomic E-state index is 0.103. The molecule has 4 bridgehead atoms. The Balaban J connectivity index is 1.32. The highest BCUT2D eigenvalue weighted by Crippen LogP contribution is 2.57. The number of ether oxygens (including phenoxy) is 1. The largest absolute Gasteiger partial charge is 0.456 e. The lowest BCUT2D eigenvalue weighted by Gasteiger charge is -2.60.